The molecule has 6 nitrogen and oxygen atoms in total. The second-order valence-electron chi connectivity index (χ2n) is 5.91. The summed E-state index contributed by atoms with van der Waals surface area (Å²) >= 11 is 6.13. The number of pyridine rings is 1. The molecular formula is C21H19ClFN3O3. The molecule has 29 heavy (non-hydrogen) atoms. The topological polar surface area (TPSA) is 72.5 Å². The van der Waals surface area contributed by atoms with Crippen molar-refractivity contribution in [2.75, 3.05) is 11.9 Å². The number of carbonyl (C=O) groups is 1. The highest BCUT2D eigenvalue weighted by Crippen LogP contribution is 2.27. The molecule has 1 heterocycles. The molecule has 0 aliphatic rings. The zero-order valence-electron chi connectivity index (χ0n) is 15.6. The van der Waals surface area contributed by atoms with Crippen molar-refractivity contribution in [3.63, 3.8) is 0 Å². The van der Waals surface area contributed by atoms with Gasteiger partial charge in [0, 0.05) is 30.1 Å². The summed E-state index contributed by atoms with van der Waals surface area (Å²) in [7, 11) is 0. The van der Waals surface area contributed by atoms with Gasteiger partial charge < -0.3 is 20.1 Å². The molecule has 0 saturated carbocycles. The number of nitrogens with zero attached hydrogens (tertiary/aromatic N) is 1. The highest BCUT2D eigenvalue weighted by molar-refractivity contribution is 6.32. The summed E-state index contributed by atoms with van der Waals surface area (Å²) in [5, 5.41) is 5.83. The molecule has 2 aromatic carbocycles. The minimum absolute atomic E-state index is 0.162. The summed E-state index contributed by atoms with van der Waals surface area (Å²) in [6.45, 7) is 2.52. The first-order valence-corrected chi connectivity index (χ1v) is 9.27. The Morgan fingerprint density at radius 1 is 1.17 bits per heavy atom. The van der Waals surface area contributed by atoms with Gasteiger partial charge in [0.2, 0.25) is 5.88 Å². The standard InChI is InChI=1S/C21H19ClFN3O3/c1-2-28-19-9-8-16(12-18(19)22)26-21(27)25-13-14-5-4-10-24-20(14)29-17-7-3-6-15(23)11-17/h3-12H,2,13H2,1H3,(H2,25,26,27). The van der Waals surface area contributed by atoms with Crippen LogP contribution in [0.3, 0.4) is 0 Å². The Labute approximate surface area is 172 Å². The maximum atomic E-state index is 13.3. The van der Waals surface area contributed by atoms with E-state index < -0.39 is 11.8 Å². The Bertz CT molecular complexity index is 1000. The van der Waals surface area contributed by atoms with E-state index in [1.54, 1.807) is 48.7 Å². The fourth-order valence-corrected chi connectivity index (χ4v) is 2.73. The lowest BCUT2D eigenvalue weighted by atomic mass is 10.2. The minimum atomic E-state index is -0.425. The Hall–Kier alpha value is -3.32. The average molecular weight is 416 g/mol. The molecule has 0 radical (unpaired) electrons. The molecule has 0 saturated heterocycles. The Morgan fingerprint density at radius 2 is 2.03 bits per heavy atom. The molecule has 0 atom stereocenters. The molecule has 0 aliphatic carbocycles. The lowest BCUT2D eigenvalue weighted by Crippen LogP contribution is -2.28. The molecule has 8 heteroatoms. The van der Waals surface area contributed by atoms with Gasteiger partial charge in [0.1, 0.15) is 17.3 Å². The van der Waals surface area contributed by atoms with Crippen molar-refractivity contribution in [2.24, 2.45) is 0 Å². The Kier molecular flexibility index (Phi) is 6.86. The number of hydrogen-bond donors (Lipinski definition) is 2. The first kappa shape index (κ1) is 20.4. The van der Waals surface area contributed by atoms with Gasteiger partial charge in [-0.25, -0.2) is 14.2 Å². The van der Waals surface area contributed by atoms with Crippen LogP contribution in [-0.2, 0) is 6.54 Å². The molecule has 0 aliphatic heterocycles. The van der Waals surface area contributed by atoms with Crippen molar-refractivity contribution in [3.8, 4) is 17.4 Å². The number of amides is 2. The molecule has 0 bridgehead atoms. The number of anilines is 1. The molecule has 0 spiro atoms. The lowest BCUT2D eigenvalue weighted by Gasteiger charge is -2.12. The number of nitrogens with one attached hydrogen (secondary N) is 2. The van der Waals surface area contributed by atoms with Gasteiger partial charge in [-0.2, -0.15) is 0 Å². The van der Waals surface area contributed by atoms with E-state index in [0.717, 1.165) is 0 Å². The Morgan fingerprint density at radius 3 is 2.79 bits per heavy atom. The predicted molar refractivity (Wildman–Crippen MR) is 109 cm³/mol. The van der Waals surface area contributed by atoms with E-state index in [0.29, 0.717) is 34.4 Å². The van der Waals surface area contributed by atoms with Crippen molar-refractivity contribution in [1.29, 1.82) is 0 Å². The van der Waals surface area contributed by atoms with Gasteiger partial charge in [0.05, 0.1) is 11.6 Å². The van der Waals surface area contributed by atoms with Crippen LogP contribution in [-0.4, -0.2) is 17.6 Å². The number of aromatic nitrogens is 1. The van der Waals surface area contributed by atoms with Gasteiger partial charge in [-0.3, -0.25) is 0 Å². The number of ether oxygens (including phenoxy) is 2. The van der Waals surface area contributed by atoms with Gasteiger partial charge in [0.15, 0.2) is 0 Å². The van der Waals surface area contributed by atoms with Crippen molar-refractivity contribution in [3.05, 3.63) is 77.2 Å². The van der Waals surface area contributed by atoms with Crippen molar-refractivity contribution in [2.45, 2.75) is 13.5 Å². The molecule has 3 rings (SSSR count). The van der Waals surface area contributed by atoms with Crippen molar-refractivity contribution < 1.29 is 18.7 Å². The summed E-state index contributed by atoms with van der Waals surface area (Å²) in [5.74, 6) is 0.738. The fourth-order valence-electron chi connectivity index (χ4n) is 2.49. The van der Waals surface area contributed by atoms with Crippen LogP contribution < -0.4 is 20.1 Å². The first-order chi connectivity index (χ1) is 14.0. The fraction of sp³-hybridized carbons (Fsp3) is 0.143. The summed E-state index contributed by atoms with van der Waals surface area (Å²) in [5.41, 5.74) is 1.16. The summed E-state index contributed by atoms with van der Waals surface area (Å²) in [4.78, 5) is 16.4. The smallest absolute Gasteiger partial charge is 0.319 e. The SMILES string of the molecule is CCOc1ccc(NC(=O)NCc2cccnc2Oc2cccc(F)c2)cc1Cl. The maximum Gasteiger partial charge on any atom is 0.319 e. The molecule has 2 amide bonds. The van der Waals surface area contributed by atoms with Crippen LogP contribution in [0.2, 0.25) is 5.02 Å². The maximum absolute atomic E-state index is 13.3. The zero-order chi connectivity index (χ0) is 20.6. The van der Waals surface area contributed by atoms with E-state index in [1.165, 1.54) is 12.1 Å². The minimum Gasteiger partial charge on any atom is -0.492 e. The quantitative estimate of drug-likeness (QED) is 0.543. The molecule has 1 aromatic heterocycles. The molecule has 0 unspecified atom stereocenters. The molecule has 150 valence electrons. The van der Waals surface area contributed by atoms with E-state index in [4.69, 9.17) is 21.1 Å². The number of rotatable bonds is 7. The second-order valence-corrected chi connectivity index (χ2v) is 6.32. The van der Waals surface area contributed by atoms with Gasteiger partial charge in [-0.05, 0) is 43.3 Å². The van der Waals surface area contributed by atoms with E-state index in [1.807, 2.05) is 6.92 Å². The lowest BCUT2D eigenvalue weighted by molar-refractivity contribution is 0.251. The summed E-state index contributed by atoms with van der Waals surface area (Å²) in [6, 6.07) is 13.8. The Balaban J connectivity index is 1.61. The summed E-state index contributed by atoms with van der Waals surface area (Å²) in [6.07, 6.45) is 1.56. The van der Waals surface area contributed by atoms with Crippen LogP contribution in [0.1, 0.15) is 12.5 Å². The van der Waals surface area contributed by atoms with Crippen LogP contribution in [0.4, 0.5) is 14.9 Å². The third-order valence-electron chi connectivity index (χ3n) is 3.79. The van der Waals surface area contributed by atoms with E-state index >= 15 is 0 Å². The average Bonchev–Trinajstić information content (AvgIpc) is 2.69. The second kappa shape index (κ2) is 9.75. The molecule has 3 aromatic rings. The number of halogens is 2. The predicted octanol–water partition coefficient (Wildman–Crippen LogP) is 5.39. The molecule has 2 N–H and O–H groups in total. The van der Waals surface area contributed by atoms with Gasteiger partial charge in [-0.1, -0.05) is 23.7 Å². The first-order valence-electron chi connectivity index (χ1n) is 8.89. The van der Waals surface area contributed by atoms with Crippen LogP contribution in [0, 0.1) is 5.82 Å². The van der Waals surface area contributed by atoms with Gasteiger partial charge in [0.25, 0.3) is 0 Å². The number of carbonyl (C=O) groups excluding carboxylic acids is 1. The van der Waals surface area contributed by atoms with E-state index in [-0.39, 0.29) is 12.4 Å². The highest BCUT2D eigenvalue weighted by atomic mass is 35.5. The number of hydrogen-bond acceptors (Lipinski definition) is 4. The van der Waals surface area contributed by atoms with Crippen molar-refractivity contribution in [1.82, 2.24) is 10.3 Å². The summed E-state index contributed by atoms with van der Waals surface area (Å²) < 4.78 is 24.4. The number of benzene rings is 2. The molecular weight excluding hydrogens is 397 g/mol. The van der Waals surface area contributed by atoms with Crippen LogP contribution in [0.5, 0.6) is 17.4 Å². The third kappa shape index (κ3) is 5.83. The monoisotopic (exact) mass is 415 g/mol. The van der Waals surface area contributed by atoms with Crippen LogP contribution in [0.15, 0.2) is 60.8 Å². The highest BCUT2D eigenvalue weighted by Gasteiger charge is 2.10. The van der Waals surface area contributed by atoms with Crippen LogP contribution in [0.25, 0.3) is 0 Å². The molecule has 0 fully saturated rings. The van der Waals surface area contributed by atoms with Gasteiger partial charge in [-0.15, -0.1) is 0 Å². The normalized spacial score (nSPS) is 10.3. The van der Waals surface area contributed by atoms with E-state index in [9.17, 15) is 9.18 Å². The zero-order valence-corrected chi connectivity index (χ0v) is 16.4. The van der Waals surface area contributed by atoms with E-state index in [2.05, 4.69) is 15.6 Å². The van der Waals surface area contributed by atoms with Crippen molar-refractivity contribution >= 4 is 23.3 Å². The van der Waals surface area contributed by atoms with Crippen LogP contribution >= 0.6 is 11.6 Å². The number of urea groups is 1. The third-order valence-corrected chi connectivity index (χ3v) is 4.08. The largest absolute Gasteiger partial charge is 0.492 e. The van der Waals surface area contributed by atoms with Gasteiger partial charge >= 0.3 is 6.03 Å².